The highest BCUT2D eigenvalue weighted by atomic mass is 16.5. The topological polar surface area (TPSA) is 84.6 Å². The average molecular weight is 228 g/mol. The first-order valence-electron chi connectivity index (χ1n) is 4.94. The van der Waals surface area contributed by atoms with Crippen molar-refractivity contribution in [3.63, 3.8) is 0 Å². The van der Waals surface area contributed by atoms with E-state index in [-0.39, 0.29) is 13.2 Å². The van der Waals surface area contributed by atoms with Crippen LogP contribution in [0.4, 0.5) is 0 Å². The molecule has 0 saturated heterocycles. The van der Waals surface area contributed by atoms with E-state index in [1.165, 1.54) is 0 Å². The Labute approximate surface area is 93.5 Å². The quantitative estimate of drug-likeness (QED) is 0.750. The number of ether oxygens (including phenoxy) is 1. The van der Waals surface area contributed by atoms with E-state index in [0.717, 1.165) is 5.69 Å². The molecule has 6 heteroatoms. The monoisotopic (exact) mass is 228 g/mol. The molecule has 0 amide bonds. The van der Waals surface area contributed by atoms with Gasteiger partial charge < -0.3 is 14.9 Å². The van der Waals surface area contributed by atoms with Crippen LogP contribution in [0.5, 0.6) is 0 Å². The van der Waals surface area contributed by atoms with Gasteiger partial charge in [0.05, 0.1) is 18.9 Å². The molecule has 16 heavy (non-hydrogen) atoms. The lowest BCUT2D eigenvalue weighted by molar-refractivity contribution is -0.151. The summed E-state index contributed by atoms with van der Waals surface area (Å²) in [6, 6.07) is 0. The third-order valence-corrected chi connectivity index (χ3v) is 2.43. The largest absolute Gasteiger partial charge is 0.479 e. The van der Waals surface area contributed by atoms with Gasteiger partial charge in [0.25, 0.3) is 0 Å². The molecule has 1 aromatic rings. The minimum atomic E-state index is -1.08. The van der Waals surface area contributed by atoms with Gasteiger partial charge in [-0.3, -0.25) is 4.68 Å². The number of hydrogen-bond acceptors (Lipinski definition) is 4. The van der Waals surface area contributed by atoms with Gasteiger partial charge in [-0.1, -0.05) is 0 Å². The number of aliphatic carboxylic acids is 1. The van der Waals surface area contributed by atoms with Crippen molar-refractivity contribution in [2.24, 2.45) is 7.05 Å². The van der Waals surface area contributed by atoms with Crippen LogP contribution in [0.15, 0.2) is 0 Å². The Morgan fingerprint density at radius 1 is 1.56 bits per heavy atom. The number of hydrogen-bond donors (Lipinski definition) is 2. The van der Waals surface area contributed by atoms with Crippen LogP contribution in [-0.2, 0) is 16.6 Å². The summed E-state index contributed by atoms with van der Waals surface area (Å²) in [4.78, 5) is 11.1. The number of aromatic nitrogens is 2. The van der Waals surface area contributed by atoms with Crippen molar-refractivity contribution < 1.29 is 19.7 Å². The highest BCUT2D eigenvalue weighted by Crippen LogP contribution is 2.24. The van der Waals surface area contributed by atoms with Gasteiger partial charge in [0.15, 0.2) is 6.10 Å². The number of carboxylic acid groups (broad SMARTS) is 1. The summed E-state index contributed by atoms with van der Waals surface area (Å²) >= 11 is 0. The van der Waals surface area contributed by atoms with E-state index >= 15 is 0 Å². The Hall–Kier alpha value is -1.40. The van der Waals surface area contributed by atoms with Crippen LogP contribution in [0, 0.1) is 13.8 Å². The summed E-state index contributed by atoms with van der Waals surface area (Å²) in [7, 11) is 1.75. The van der Waals surface area contributed by atoms with Gasteiger partial charge in [-0.2, -0.15) is 5.10 Å². The second kappa shape index (κ2) is 5.09. The van der Waals surface area contributed by atoms with E-state index < -0.39 is 12.1 Å². The molecule has 0 spiro atoms. The number of carbonyl (C=O) groups is 1. The second-order valence-corrected chi connectivity index (χ2v) is 3.52. The molecule has 1 unspecified atom stereocenters. The van der Waals surface area contributed by atoms with Crippen LogP contribution in [-0.4, -0.2) is 39.2 Å². The standard InChI is InChI=1S/C10H16N2O4/c1-6-8(7(2)12(3)11-6)9(10(14)15)16-5-4-13/h9,13H,4-5H2,1-3H3,(H,14,15). The van der Waals surface area contributed by atoms with Gasteiger partial charge >= 0.3 is 5.97 Å². The van der Waals surface area contributed by atoms with Crippen LogP contribution >= 0.6 is 0 Å². The molecule has 1 rings (SSSR count). The van der Waals surface area contributed by atoms with Crippen molar-refractivity contribution in [3.8, 4) is 0 Å². The fourth-order valence-electron chi connectivity index (χ4n) is 1.62. The highest BCUT2D eigenvalue weighted by molar-refractivity contribution is 5.75. The molecular formula is C10H16N2O4. The smallest absolute Gasteiger partial charge is 0.337 e. The summed E-state index contributed by atoms with van der Waals surface area (Å²) < 4.78 is 6.72. The maximum Gasteiger partial charge on any atom is 0.337 e. The Bertz CT molecular complexity index is 386. The van der Waals surface area contributed by atoms with Gasteiger partial charge in [-0.25, -0.2) is 4.79 Å². The van der Waals surface area contributed by atoms with Crippen molar-refractivity contribution in [3.05, 3.63) is 17.0 Å². The van der Waals surface area contributed by atoms with Crippen molar-refractivity contribution in [2.45, 2.75) is 20.0 Å². The zero-order chi connectivity index (χ0) is 12.3. The molecule has 0 radical (unpaired) electrons. The summed E-state index contributed by atoms with van der Waals surface area (Å²) in [5.41, 5.74) is 1.94. The normalized spacial score (nSPS) is 12.8. The maximum atomic E-state index is 11.1. The third kappa shape index (κ3) is 2.40. The fraction of sp³-hybridized carbons (Fsp3) is 0.600. The zero-order valence-corrected chi connectivity index (χ0v) is 9.60. The van der Waals surface area contributed by atoms with Gasteiger partial charge in [-0.05, 0) is 13.8 Å². The number of nitrogens with zero attached hydrogens (tertiary/aromatic N) is 2. The van der Waals surface area contributed by atoms with Crippen molar-refractivity contribution >= 4 is 5.97 Å². The van der Waals surface area contributed by atoms with Gasteiger partial charge in [-0.15, -0.1) is 0 Å². The molecule has 0 fully saturated rings. The predicted molar refractivity (Wildman–Crippen MR) is 56.1 cm³/mol. The summed E-state index contributed by atoms with van der Waals surface area (Å²) in [6.45, 7) is 3.31. The lowest BCUT2D eigenvalue weighted by Crippen LogP contribution is -2.18. The van der Waals surface area contributed by atoms with Gasteiger partial charge in [0.1, 0.15) is 0 Å². The first-order valence-corrected chi connectivity index (χ1v) is 4.94. The number of carboxylic acids is 1. The molecule has 0 aliphatic heterocycles. The summed E-state index contributed by atoms with van der Waals surface area (Å²) in [5, 5.41) is 21.8. The molecule has 1 heterocycles. The second-order valence-electron chi connectivity index (χ2n) is 3.52. The van der Waals surface area contributed by atoms with E-state index in [1.807, 2.05) is 0 Å². The molecule has 6 nitrogen and oxygen atoms in total. The molecule has 2 N–H and O–H groups in total. The number of aliphatic hydroxyl groups is 1. The Balaban J connectivity index is 3.05. The van der Waals surface area contributed by atoms with Crippen LogP contribution < -0.4 is 0 Å². The lowest BCUT2D eigenvalue weighted by atomic mass is 10.1. The van der Waals surface area contributed by atoms with E-state index in [4.69, 9.17) is 14.9 Å². The molecule has 0 aliphatic rings. The molecular weight excluding hydrogens is 212 g/mol. The van der Waals surface area contributed by atoms with Crippen LogP contribution in [0.2, 0.25) is 0 Å². The summed E-state index contributed by atoms with van der Waals surface area (Å²) in [5.74, 6) is -1.08. The van der Waals surface area contributed by atoms with Crippen molar-refractivity contribution in [1.29, 1.82) is 0 Å². The van der Waals surface area contributed by atoms with Crippen LogP contribution in [0.3, 0.4) is 0 Å². The first kappa shape index (κ1) is 12.7. The Morgan fingerprint density at radius 3 is 2.56 bits per heavy atom. The van der Waals surface area contributed by atoms with Crippen molar-refractivity contribution in [2.75, 3.05) is 13.2 Å². The van der Waals surface area contributed by atoms with Gasteiger partial charge in [0, 0.05) is 18.3 Å². The van der Waals surface area contributed by atoms with E-state index in [9.17, 15) is 4.79 Å². The molecule has 0 saturated carbocycles. The van der Waals surface area contributed by atoms with Crippen molar-refractivity contribution in [1.82, 2.24) is 9.78 Å². The number of aliphatic hydroxyl groups excluding tert-OH is 1. The SMILES string of the molecule is Cc1nn(C)c(C)c1C(OCCO)C(=O)O. The fourth-order valence-corrected chi connectivity index (χ4v) is 1.62. The van der Waals surface area contributed by atoms with E-state index in [0.29, 0.717) is 11.3 Å². The number of aryl methyl sites for hydroxylation is 2. The van der Waals surface area contributed by atoms with Crippen LogP contribution in [0.25, 0.3) is 0 Å². The third-order valence-electron chi connectivity index (χ3n) is 2.43. The molecule has 1 atom stereocenters. The lowest BCUT2D eigenvalue weighted by Gasteiger charge is -2.13. The molecule has 1 aromatic heterocycles. The average Bonchev–Trinajstić information content (AvgIpc) is 2.44. The first-order chi connectivity index (χ1) is 7.49. The van der Waals surface area contributed by atoms with Gasteiger partial charge in [0.2, 0.25) is 0 Å². The highest BCUT2D eigenvalue weighted by Gasteiger charge is 2.27. The molecule has 0 bridgehead atoms. The predicted octanol–water partition coefficient (Wildman–Crippen LogP) is 0.172. The minimum absolute atomic E-state index is 0.00919. The Morgan fingerprint density at radius 2 is 2.19 bits per heavy atom. The molecule has 90 valence electrons. The van der Waals surface area contributed by atoms with Crippen LogP contribution in [0.1, 0.15) is 23.1 Å². The maximum absolute atomic E-state index is 11.1. The van der Waals surface area contributed by atoms with E-state index in [1.54, 1.807) is 25.6 Å². The zero-order valence-electron chi connectivity index (χ0n) is 9.60. The number of rotatable bonds is 5. The molecule has 0 aromatic carbocycles. The molecule has 0 aliphatic carbocycles. The van der Waals surface area contributed by atoms with E-state index in [2.05, 4.69) is 5.10 Å². The summed E-state index contributed by atoms with van der Waals surface area (Å²) in [6.07, 6.45) is -1.07. The minimum Gasteiger partial charge on any atom is -0.479 e. The Kier molecular flexibility index (Phi) is 4.03.